The second-order valence-corrected chi connectivity index (χ2v) is 3.98. The molecule has 16 heavy (non-hydrogen) atoms. The van der Waals surface area contributed by atoms with Crippen molar-refractivity contribution in [2.24, 2.45) is 10.9 Å². The van der Waals surface area contributed by atoms with Crippen molar-refractivity contribution >= 4 is 6.21 Å². The van der Waals surface area contributed by atoms with Crippen LogP contribution in [0, 0.1) is 5.92 Å². The van der Waals surface area contributed by atoms with Crippen LogP contribution >= 0.6 is 0 Å². The van der Waals surface area contributed by atoms with Crippen molar-refractivity contribution in [3.8, 4) is 0 Å². The lowest BCUT2D eigenvalue weighted by Gasteiger charge is -2.12. The van der Waals surface area contributed by atoms with E-state index in [4.69, 9.17) is 0 Å². The maximum Gasteiger partial charge on any atom is 0.0719 e. The van der Waals surface area contributed by atoms with E-state index in [0.717, 1.165) is 17.7 Å². The Morgan fingerprint density at radius 3 is 3.12 bits per heavy atom. The van der Waals surface area contributed by atoms with Crippen molar-refractivity contribution in [2.75, 3.05) is 7.05 Å². The Morgan fingerprint density at radius 1 is 1.50 bits per heavy atom. The first-order valence-corrected chi connectivity index (χ1v) is 5.59. The van der Waals surface area contributed by atoms with Crippen LogP contribution in [0.3, 0.4) is 0 Å². The fourth-order valence-corrected chi connectivity index (χ4v) is 1.65. The highest BCUT2D eigenvalue weighted by atomic mass is 15.1. The molecule has 0 aromatic heterocycles. The molecular formula is C14H16N2. The molecule has 0 fully saturated rings. The van der Waals surface area contributed by atoms with E-state index in [9.17, 15) is 0 Å². The summed E-state index contributed by atoms with van der Waals surface area (Å²) >= 11 is 0. The summed E-state index contributed by atoms with van der Waals surface area (Å²) in [6, 6.07) is 0. The van der Waals surface area contributed by atoms with Gasteiger partial charge >= 0.3 is 0 Å². The van der Waals surface area contributed by atoms with Gasteiger partial charge in [0.1, 0.15) is 0 Å². The van der Waals surface area contributed by atoms with E-state index in [2.05, 4.69) is 42.1 Å². The Kier molecular flexibility index (Phi) is 3.23. The Hall–Kier alpha value is -1.79. The summed E-state index contributed by atoms with van der Waals surface area (Å²) in [6.07, 6.45) is 15.3. The summed E-state index contributed by atoms with van der Waals surface area (Å²) < 4.78 is 0. The highest BCUT2D eigenvalue weighted by Gasteiger charge is 2.06. The fraction of sp³-hybridized carbons (Fsp3) is 0.286. The van der Waals surface area contributed by atoms with E-state index < -0.39 is 0 Å². The maximum atomic E-state index is 4.53. The first kappa shape index (κ1) is 10.7. The fourth-order valence-electron chi connectivity index (χ4n) is 1.65. The molecule has 2 heteroatoms. The molecule has 1 atom stereocenters. The average molecular weight is 212 g/mol. The molecule has 82 valence electrons. The van der Waals surface area contributed by atoms with Crippen molar-refractivity contribution in [3.05, 3.63) is 53.7 Å². The Balaban J connectivity index is 2.24. The van der Waals surface area contributed by atoms with Gasteiger partial charge in [0.15, 0.2) is 0 Å². The minimum atomic E-state index is 0.454. The third kappa shape index (κ3) is 2.41. The average Bonchev–Trinajstić information content (AvgIpc) is 2.54. The lowest BCUT2D eigenvalue weighted by atomic mass is 10.1. The molecule has 0 amide bonds. The van der Waals surface area contributed by atoms with E-state index in [1.54, 1.807) is 0 Å². The molecule has 0 aromatic rings. The van der Waals surface area contributed by atoms with Gasteiger partial charge in [-0.05, 0) is 18.6 Å². The molecule has 2 heterocycles. The van der Waals surface area contributed by atoms with E-state index in [-0.39, 0.29) is 0 Å². The maximum absolute atomic E-state index is 4.53. The van der Waals surface area contributed by atoms with Crippen LogP contribution in [-0.2, 0) is 0 Å². The summed E-state index contributed by atoms with van der Waals surface area (Å²) in [5, 5.41) is 0. The standard InChI is InChI=1S/C14H16N2/c1-3-12-6-4-8-14(15-10-12)13-7-5-9-16(2)11-13/h4,6-12H,3H2,1-2H3. The molecule has 0 bridgehead atoms. The Labute approximate surface area is 96.7 Å². The summed E-state index contributed by atoms with van der Waals surface area (Å²) in [7, 11) is 1.99. The van der Waals surface area contributed by atoms with Gasteiger partial charge in [0.2, 0.25) is 0 Å². The van der Waals surface area contributed by atoms with Gasteiger partial charge in [0.05, 0.1) is 5.70 Å². The summed E-state index contributed by atoms with van der Waals surface area (Å²) in [4.78, 5) is 6.51. The van der Waals surface area contributed by atoms with Gasteiger partial charge in [-0.25, -0.2) is 0 Å². The van der Waals surface area contributed by atoms with Gasteiger partial charge in [0.25, 0.3) is 0 Å². The third-order valence-electron chi connectivity index (χ3n) is 2.64. The molecule has 2 nitrogen and oxygen atoms in total. The van der Waals surface area contributed by atoms with Gasteiger partial charge in [-0.15, -0.1) is 5.73 Å². The number of rotatable bonds is 2. The second-order valence-electron chi connectivity index (χ2n) is 3.98. The van der Waals surface area contributed by atoms with Crippen molar-refractivity contribution in [3.63, 3.8) is 0 Å². The van der Waals surface area contributed by atoms with Crippen molar-refractivity contribution in [2.45, 2.75) is 13.3 Å². The number of aliphatic imine (C=N–C) groups is 1. The van der Waals surface area contributed by atoms with E-state index in [1.807, 2.05) is 30.4 Å². The minimum absolute atomic E-state index is 0.454. The molecule has 0 aliphatic carbocycles. The van der Waals surface area contributed by atoms with Gasteiger partial charge in [-0.1, -0.05) is 19.1 Å². The second kappa shape index (κ2) is 4.82. The number of hydrogen-bond donors (Lipinski definition) is 0. The summed E-state index contributed by atoms with van der Waals surface area (Å²) in [5.74, 6) is 0.454. The minimum Gasteiger partial charge on any atom is -0.350 e. The number of allylic oxidation sites excluding steroid dienone is 4. The van der Waals surface area contributed by atoms with E-state index in [0.29, 0.717) is 5.92 Å². The normalized spacial score (nSPS) is 23.1. The predicted molar refractivity (Wildman–Crippen MR) is 68.0 cm³/mol. The molecule has 2 aliphatic heterocycles. The topological polar surface area (TPSA) is 15.6 Å². The zero-order valence-corrected chi connectivity index (χ0v) is 9.72. The number of nitrogens with zero attached hydrogens (tertiary/aromatic N) is 2. The molecule has 2 aliphatic rings. The third-order valence-corrected chi connectivity index (χ3v) is 2.64. The molecule has 0 spiro atoms. The van der Waals surface area contributed by atoms with Crippen LogP contribution < -0.4 is 0 Å². The quantitative estimate of drug-likeness (QED) is 0.642. The summed E-state index contributed by atoms with van der Waals surface area (Å²) in [5.41, 5.74) is 5.20. The zero-order valence-electron chi connectivity index (χ0n) is 9.72. The number of hydrogen-bond acceptors (Lipinski definition) is 2. The molecule has 1 unspecified atom stereocenters. The van der Waals surface area contributed by atoms with Crippen LogP contribution in [0.25, 0.3) is 0 Å². The molecule has 2 rings (SSSR count). The highest BCUT2D eigenvalue weighted by molar-refractivity contribution is 5.67. The molecule has 0 radical (unpaired) electrons. The van der Waals surface area contributed by atoms with Gasteiger partial charge in [0, 0.05) is 37.2 Å². The van der Waals surface area contributed by atoms with Crippen LogP contribution in [0.2, 0.25) is 0 Å². The van der Waals surface area contributed by atoms with Gasteiger partial charge < -0.3 is 4.90 Å². The predicted octanol–water partition coefficient (Wildman–Crippen LogP) is 3.04. The molecule has 0 aromatic carbocycles. The monoisotopic (exact) mass is 212 g/mol. The first-order chi connectivity index (χ1) is 7.79. The van der Waals surface area contributed by atoms with Crippen LogP contribution in [0.1, 0.15) is 13.3 Å². The van der Waals surface area contributed by atoms with Crippen molar-refractivity contribution in [1.82, 2.24) is 4.90 Å². The Morgan fingerprint density at radius 2 is 2.38 bits per heavy atom. The molecular weight excluding hydrogens is 196 g/mol. The Bertz CT molecular complexity index is 443. The zero-order chi connectivity index (χ0) is 11.4. The highest BCUT2D eigenvalue weighted by Crippen LogP contribution is 2.19. The lowest BCUT2D eigenvalue weighted by Crippen LogP contribution is -2.04. The van der Waals surface area contributed by atoms with Crippen LogP contribution in [0.15, 0.2) is 58.7 Å². The van der Waals surface area contributed by atoms with Gasteiger partial charge in [-0.3, -0.25) is 4.99 Å². The SMILES string of the molecule is CCC1C=CC=C(C2=CN(C)C=C=C2)N=C1. The van der Waals surface area contributed by atoms with Crippen molar-refractivity contribution < 1.29 is 0 Å². The van der Waals surface area contributed by atoms with Crippen LogP contribution in [0.5, 0.6) is 0 Å². The van der Waals surface area contributed by atoms with Crippen molar-refractivity contribution in [1.29, 1.82) is 0 Å². The molecule has 0 N–H and O–H groups in total. The smallest absolute Gasteiger partial charge is 0.0719 e. The lowest BCUT2D eigenvalue weighted by molar-refractivity contribution is 0.619. The molecule has 0 saturated heterocycles. The van der Waals surface area contributed by atoms with Gasteiger partial charge in [-0.2, -0.15) is 0 Å². The van der Waals surface area contributed by atoms with Crippen LogP contribution in [0.4, 0.5) is 0 Å². The first-order valence-electron chi connectivity index (χ1n) is 5.59. The molecule has 0 saturated carbocycles. The largest absolute Gasteiger partial charge is 0.350 e. The summed E-state index contributed by atoms with van der Waals surface area (Å²) in [6.45, 7) is 2.17. The van der Waals surface area contributed by atoms with E-state index in [1.165, 1.54) is 0 Å². The van der Waals surface area contributed by atoms with E-state index >= 15 is 0 Å². The van der Waals surface area contributed by atoms with Crippen LogP contribution in [-0.4, -0.2) is 18.2 Å².